The molecule has 1 heterocycles. The van der Waals surface area contributed by atoms with Gasteiger partial charge >= 0.3 is 5.82 Å². The highest BCUT2D eigenvalue weighted by Gasteiger charge is 2.09. The lowest BCUT2D eigenvalue weighted by atomic mass is 10.6. The molecule has 1 aromatic heterocycles. The van der Waals surface area contributed by atoms with Crippen LogP contribution in [0.1, 0.15) is 12.7 Å². The van der Waals surface area contributed by atoms with E-state index in [0.717, 1.165) is 12.4 Å². The van der Waals surface area contributed by atoms with Crippen molar-refractivity contribution >= 4 is 6.21 Å². The summed E-state index contributed by atoms with van der Waals surface area (Å²) in [5.74, 6) is 0.884. The Balaban J connectivity index is 3.07. The second kappa shape index (κ2) is 3.18. The van der Waals surface area contributed by atoms with Gasteiger partial charge in [-0.2, -0.15) is 0 Å². The molecule has 0 aliphatic carbocycles. The average Bonchev–Trinajstić information content (AvgIpc) is 2.34. The van der Waals surface area contributed by atoms with Gasteiger partial charge in [0.25, 0.3) is 0 Å². The highest BCUT2D eigenvalue weighted by Crippen LogP contribution is 1.90. The quantitative estimate of drug-likeness (QED) is 0.280. The third-order valence-electron chi connectivity index (χ3n) is 1.64. The monoisotopic (exact) mass is 154 g/mol. The number of hydrogen-bond donors (Lipinski definition) is 1. The van der Waals surface area contributed by atoms with Crippen molar-refractivity contribution in [1.82, 2.24) is 4.57 Å². The third-order valence-corrected chi connectivity index (χ3v) is 1.64. The van der Waals surface area contributed by atoms with E-state index in [1.165, 1.54) is 6.21 Å². The highest BCUT2D eigenvalue weighted by molar-refractivity contribution is 5.72. The normalized spacial score (nSPS) is 11.1. The molecule has 0 amide bonds. The molecule has 60 valence electrons. The van der Waals surface area contributed by atoms with Crippen LogP contribution in [0, 0.1) is 0 Å². The van der Waals surface area contributed by atoms with Crippen molar-refractivity contribution < 1.29 is 9.77 Å². The number of nitrogens with zero attached hydrogens (tertiary/aromatic N) is 3. The second-order valence-corrected chi connectivity index (χ2v) is 2.30. The SMILES string of the molecule is CCn1cc[n+](C)c1C=NO. The number of aromatic nitrogens is 2. The van der Waals surface area contributed by atoms with Gasteiger partial charge in [0.05, 0.1) is 13.6 Å². The van der Waals surface area contributed by atoms with E-state index >= 15 is 0 Å². The maximum absolute atomic E-state index is 8.33. The topological polar surface area (TPSA) is 41.4 Å². The van der Waals surface area contributed by atoms with Gasteiger partial charge in [-0.15, -0.1) is 0 Å². The lowest BCUT2D eigenvalue weighted by Crippen LogP contribution is -2.31. The van der Waals surface area contributed by atoms with E-state index in [0.29, 0.717) is 0 Å². The van der Waals surface area contributed by atoms with Gasteiger partial charge in [-0.05, 0) is 6.92 Å². The van der Waals surface area contributed by atoms with Crippen LogP contribution in [0.15, 0.2) is 17.5 Å². The zero-order chi connectivity index (χ0) is 8.27. The average molecular weight is 154 g/mol. The maximum Gasteiger partial charge on any atom is 0.303 e. The molecule has 4 nitrogen and oxygen atoms in total. The smallest absolute Gasteiger partial charge is 0.303 e. The summed E-state index contributed by atoms with van der Waals surface area (Å²) in [4.78, 5) is 0. The van der Waals surface area contributed by atoms with Crippen molar-refractivity contribution in [3.8, 4) is 0 Å². The van der Waals surface area contributed by atoms with Crippen molar-refractivity contribution in [2.75, 3.05) is 0 Å². The first-order chi connectivity index (χ1) is 5.29. The molecule has 0 unspecified atom stereocenters. The fourth-order valence-electron chi connectivity index (χ4n) is 1.02. The lowest BCUT2D eigenvalue weighted by Gasteiger charge is -1.91. The molecular formula is C7H12N3O+. The molecule has 0 aliphatic rings. The minimum absolute atomic E-state index is 0.877. The summed E-state index contributed by atoms with van der Waals surface area (Å²) in [6.45, 7) is 2.91. The molecule has 0 atom stereocenters. The van der Waals surface area contributed by atoms with Crippen LogP contribution in [0.2, 0.25) is 0 Å². The van der Waals surface area contributed by atoms with Crippen LogP contribution in [0.3, 0.4) is 0 Å². The van der Waals surface area contributed by atoms with Crippen LogP contribution in [0.5, 0.6) is 0 Å². The summed E-state index contributed by atoms with van der Waals surface area (Å²) < 4.78 is 3.88. The first-order valence-electron chi connectivity index (χ1n) is 3.51. The Bertz CT molecular complexity index is 265. The molecule has 0 bridgehead atoms. The molecule has 0 fully saturated rings. The standard InChI is InChI=1S/C7H11N3O/c1-3-10-5-4-9(2)7(10)6-8-11/h4-6H,3H2,1-2H3/p+1. The Morgan fingerprint density at radius 1 is 1.82 bits per heavy atom. The Morgan fingerprint density at radius 2 is 2.55 bits per heavy atom. The van der Waals surface area contributed by atoms with Gasteiger partial charge in [0.15, 0.2) is 6.21 Å². The van der Waals surface area contributed by atoms with Crippen molar-refractivity contribution in [2.45, 2.75) is 13.5 Å². The van der Waals surface area contributed by atoms with Crippen LogP contribution in [-0.2, 0) is 13.6 Å². The third kappa shape index (κ3) is 1.39. The molecule has 0 spiro atoms. The largest absolute Gasteiger partial charge is 0.411 e. The predicted molar refractivity (Wildman–Crippen MR) is 40.7 cm³/mol. The first kappa shape index (κ1) is 7.78. The maximum atomic E-state index is 8.33. The van der Waals surface area contributed by atoms with Crippen LogP contribution < -0.4 is 4.57 Å². The van der Waals surface area contributed by atoms with Gasteiger partial charge in [-0.1, -0.05) is 5.16 Å². The van der Waals surface area contributed by atoms with Crippen molar-refractivity contribution in [1.29, 1.82) is 0 Å². The fraction of sp³-hybridized carbons (Fsp3) is 0.429. The Labute approximate surface area is 65.4 Å². The van der Waals surface area contributed by atoms with Crippen molar-refractivity contribution in [2.24, 2.45) is 12.2 Å². The van der Waals surface area contributed by atoms with Gasteiger partial charge in [-0.3, -0.25) is 0 Å². The first-order valence-corrected chi connectivity index (χ1v) is 3.51. The second-order valence-electron chi connectivity index (χ2n) is 2.30. The van der Waals surface area contributed by atoms with Gasteiger partial charge in [-0.25, -0.2) is 9.13 Å². The van der Waals surface area contributed by atoms with Crippen molar-refractivity contribution in [3.63, 3.8) is 0 Å². The Morgan fingerprint density at radius 3 is 3.09 bits per heavy atom. The molecule has 1 aromatic rings. The zero-order valence-corrected chi connectivity index (χ0v) is 6.73. The van der Waals surface area contributed by atoms with Crippen molar-refractivity contribution in [3.05, 3.63) is 18.2 Å². The number of rotatable bonds is 2. The summed E-state index contributed by atoms with van der Waals surface area (Å²) in [5.41, 5.74) is 0. The Hall–Kier alpha value is -1.32. The lowest BCUT2D eigenvalue weighted by molar-refractivity contribution is -0.671. The summed E-state index contributed by atoms with van der Waals surface area (Å²) in [7, 11) is 1.91. The highest BCUT2D eigenvalue weighted by atomic mass is 16.4. The minimum atomic E-state index is 0.877. The molecule has 0 radical (unpaired) electrons. The van der Waals surface area contributed by atoms with Crippen LogP contribution in [0.4, 0.5) is 0 Å². The van der Waals surface area contributed by atoms with Crippen LogP contribution >= 0.6 is 0 Å². The molecule has 0 aromatic carbocycles. The summed E-state index contributed by atoms with van der Waals surface area (Å²) >= 11 is 0. The van der Waals surface area contributed by atoms with Gasteiger partial charge in [0.2, 0.25) is 0 Å². The van der Waals surface area contributed by atoms with Gasteiger partial charge in [0.1, 0.15) is 12.4 Å². The van der Waals surface area contributed by atoms with Crippen LogP contribution in [-0.4, -0.2) is 16.0 Å². The summed E-state index contributed by atoms with van der Waals surface area (Å²) in [6.07, 6.45) is 5.28. The number of aryl methyl sites for hydroxylation is 2. The van der Waals surface area contributed by atoms with E-state index in [1.807, 2.05) is 35.5 Å². The summed E-state index contributed by atoms with van der Waals surface area (Å²) in [5, 5.41) is 11.3. The number of oxime groups is 1. The zero-order valence-electron chi connectivity index (χ0n) is 6.73. The number of hydrogen-bond acceptors (Lipinski definition) is 2. The molecule has 0 aliphatic heterocycles. The molecule has 1 rings (SSSR count). The Kier molecular flexibility index (Phi) is 2.25. The molecule has 0 saturated carbocycles. The molecule has 4 heteroatoms. The van der Waals surface area contributed by atoms with E-state index in [-0.39, 0.29) is 0 Å². The van der Waals surface area contributed by atoms with E-state index in [9.17, 15) is 0 Å². The van der Waals surface area contributed by atoms with Crippen LogP contribution in [0.25, 0.3) is 0 Å². The van der Waals surface area contributed by atoms with Gasteiger partial charge in [0, 0.05) is 0 Å². The summed E-state index contributed by atoms with van der Waals surface area (Å²) in [6, 6.07) is 0. The molecule has 1 N–H and O–H groups in total. The van der Waals surface area contributed by atoms with E-state index in [4.69, 9.17) is 5.21 Å². The van der Waals surface area contributed by atoms with E-state index in [1.54, 1.807) is 0 Å². The minimum Gasteiger partial charge on any atom is -0.411 e. The van der Waals surface area contributed by atoms with E-state index < -0.39 is 0 Å². The molecule has 0 saturated heterocycles. The predicted octanol–water partition coefficient (Wildman–Crippen LogP) is 0.141. The molecule has 11 heavy (non-hydrogen) atoms. The van der Waals surface area contributed by atoms with E-state index in [2.05, 4.69) is 5.16 Å². The van der Waals surface area contributed by atoms with Gasteiger partial charge < -0.3 is 5.21 Å². The number of imidazole rings is 1. The molecular weight excluding hydrogens is 142 g/mol. The fourth-order valence-corrected chi connectivity index (χ4v) is 1.02.